The van der Waals surface area contributed by atoms with Crippen LogP contribution < -0.4 is 10.6 Å². The summed E-state index contributed by atoms with van der Waals surface area (Å²) in [6.07, 6.45) is 7.89. The molecule has 7 heteroatoms. The number of benzene rings is 2. The van der Waals surface area contributed by atoms with Crippen molar-refractivity contribution in [2.24, 2.45) is 0 Å². The number of ether oxygens (including phenoxy) is 1. The van der Waals surface area contributed by atoms with Crippen molar-refractivity contribution >= 4 is 11.8 Å². The smallest absolute Gasteiger partial charge is 0.251 e. The van der Waals surface area contributed by atoms with Crippen LogP contribution >= 0.6 is 0 Å². The fraction of sp³-hybridized carbons (Fsp3) is 0.321. The van der Waals surface area contributed by atoms with Crippen LogP contribution in [0.15, 0.2) is 67.0 Å². The number of hydrogen-bond donors (Lipinski definition) is 3. The van der Waals surface area contributed by atoms with Crippen molar-refractivity contribution in [3.05, 3.63) is 89.2 Å². The predicted molar refractivity (Wildman–Crippen MR) is 136 cm³/mol. The fourth-order valence-electron chi connectivity index (χ4n) is 4.23. The van der Waals surface area contributed by atoms with E-state index >= 15 is 0 Å². The van der Waals surface area contributed by atoms with Gasteiger partial charge in [0.05, 0.1) is 6.61 Å². The van der Waals surface area contributed by atoms with Gasteiger partial charge in [-0.3, -0.25) is 14.6 Å². The number of nitrogens with zero attached hydrogens (tertiary/aromatic N) is 1. The van der Waals surface area contributed by atoms with E-state index in [9.17, 15) is 9.59 Å². The standard InChI is InChI=1S/C27H29N3O3.CH4O/c1-33-18-23-10-9-21(20-11-13-28-14-12-20)16-25(23)27(32)29-17-19-5-4-6-22(15-19)26(31)30-24-7-2-3-8-24;1-2/h4-6,9-16,24H,2-3,7-8,17-18H2,1H3,(H,29,32)(H,30,31);2H,1H3. The Morgan fingerprint density at radius 1 is 0.971 bits per heavy atom. The first kappa shape index (κ1) is 26.1. The number of rotatable bonds is 8. The number of carbonyl (C=O) groups is 2. The van der Waals surface area contributed by atoms with E-state index in [1.54, 1.807) is 19.5 Å². The van der Waals surface area contributed by atoms with Crippen LogP contribution in [-0.4, -0.2) is 42.2 Å². The Morgan fingerprint density at radius 3 is 2.43 bits per heavy atom. The lowest BCUT2D eigenvalue weighted by Crippen LogP contribution is -2.32. The predicted octanol–water partition coefficient (Wildman–Crippen LogP) is 4.11. The van der Waals surface area contributed by atoms with E-state index in [0.717, 1.165) is 42.2 Å². The molecule has 0 unspecified atom stereocenters. The quantitative estimate of drug-likeness (QED) is 0.455. The molecule has 35 heavy (non-hydrogen) atoms. The lowest BCUT2D eigenvalue weighted by molar-refractivity contribution is 0.0934. The highest BCUT2D eigenvalue weighted by Gasteiger charge is 2.18. The number of amides is 2. The second-order valence-corrected chi connectivity index (χ2v) is 8.38. The van der Waals surface area contributed by atoms with Gasteiger partial charge in [-0.05, 0) is 65.4 Å². The van der Waals surface area contributed by atoms with Crippen molar-refractivity contribution in [3.63, 3.8) is 0 Å². The van der Waals surface area contributed by atoms with Crippen molar-refractivity contribution in [3.8, 4) is 11.1 Å². The first-order chi connectivity index (χ1) is 17.1. The number of nitrogens with one attached hydrogen (secondary N) is 2. The molecule has 7 nitrogen and oxygen atoms in total. The molecule has 4 rings (SSSR count). The summed E-state index contributed by atoms with van der Waals surface area (Å²) in [4.78, 5) is 29.7. The van der Waals surface area contributed by atoms with Gasteiger partial charge in [-0.15, -0.1) is 0 Å². The lowest BCUT2D eigenvalue weighted by atomic mass is 9.99. The summed E-state index contributed by atoms with van der Waals surface area (Å²) in [5, 5.41) is 13.1. The molecule has 1 heterocycles. The van der Waals surface area contributed by atoms with Gasteiger partial charge < -0.3 is 20.5 Å². The largest absolute Gasteiger partial charge is 0.400 e. The Morgan fingerprint density at radius 2 is 1.71 bits per heavy atom. The molecule has 0 radical (unpaired) electrons. The van der Waals surface area contributed by atoms with E-state index in [1.165, 1.54) is 12.8 Å². The average molecular weight is 476 g/mol. The van der Waals surface area contributed by atoms with E-state index in [2.05, 4.69) is 15.6 Å². The normalized spacial score (nSPS) is 13.0. The van der Waals surface area contributed by atoms with Crippen LogP contribution in [0, 0.1) is 0 Å². The van der Waals surface area contributed by atoms with Crippen LogP contribution in [0.25, 0.3) is 11.1 Å². The van der Waals surface area contributed by atoms with E-state index in [0.29, 0.717) is 24.3 Å². The summed E-state index contributed by atoms with van der Waals surface area (Å²) in [7, 11) is 2.61. The molecule has 2 aromatic carbocycles. The highest BCUT2D eigenvalue weighted by molar-refractivity contribution is 5.97. The molecular formula is C28H33N3O4. The van der Waals surface area contributed by atoms with E-state index in [4.69, 9.17) is 9.84 Å². The van der Waals surface area contributed by atoms with E-state index < -0.39 is 0 Å². The Hall–Kier alpha value is -3.55. The van der Waals surface area contributed by atoms with Crippen molar-refractivity contribution in [2.45, 2.75) is 44.9 Å². The molecule has 2 amide bonds. The van der Waals surface area contributed by atoms with Crippen LogP contribution in [0.5, 0.6) is 0 Å². The maximum atomic E-state index is 13.1. The third-order valence-electron chi connectivity index (χ3n) is 6.00. The number of hydrogen-bond acceptors (Lipinski definition) is 5. The van der Waals surface area contributed by atoms with Crippen LogP contribution in [0.2, 0.25) is 0 Å². The van der Waals surface area contributed by atoms with Crippen molar-refractivity contribution in [2.75, 3.05) is 14.2 Å². The first-order valence-electron chi connectivity index (χ1n) is 11.8. The number of aliphatic hydroxyl groups excluding tert-OH is 1. The molecule has 1 aliphatic carbocycles. The van der Waals surface area contributed by atoms with Gasteiger partial charge in [-0.25, -0.2) is 0 Å². The molecule has 3 aromatic rings. The SMILES string of the molecule is CO.COCc1ccc(-c2ccncc2)cc1C(=O)NCc1cccc(C(=O)NC2CCCC2)c1. The highest BCUT2D eigenvalue weighted by Crippen LogP contribution is 2.23. The zero-order chi connectivity index (χ0) is 25.0. The van der Waals surface area contributed by atoms with Gasteiger partial charge in [0.1, 0.15) is 0 Å². The minimum absolute atomic E-state index is 0.0532. The zero-order valence-corrected chi connectivity index (χ0v) is 20.3. The first-order valence-corrected chi connectivity index (χ1v) is 11.8. The molecule has 1 saturated carbocycles. The molecule has 0 atom stereocenters. The molecule has 0 spiro atoms. The molecule has 1 aromatic heterocycles. The van der Waals surface area contributed by atoms with Gasteiger partial charge in [0.15, 0.2) is 0 Å². The van der Waals surface area contributed by atoms with E-state index in [-0.39, 0.29) is 17.9 Å². The Labute approximate surface area is 206 Å². The molecule has 1 fully saturated rings. The molecule has 0 saturated heterocycles. The maximum absolute atomic E-state index is 13.1. The zero-order valence-electron chi connectivity index (χ0n) is 20.3. The van der Waals surface area contributed by atoms with Crippen LogP contribution in [0.3, 0.4) is 0 Å². The van der Waals surface area contributed by atoms with Crippen LogP contribution in [0.1, 0.15) is 57.5 Å². The van der Waals surface area contributed by atoms with Gasteiger partial charge in [-0.1, -0.05) is 37.1 Å². The maximum Gasteiger partial charge on any atom is 0.251 e. The lowest BCUT2D eigenvalue weighted by Gasteiger charge is -2.14. The number of methoxy groups -OCH3 is 1. The summed E-state index contributed by atoms with van der Waals surface area (Å²) >= 11 is 0. The number of pyridine rings is 1. The van der Waals surface area contributed by atoms with Crippen molar-refractivity contribution in [1.82, 2.24) is 15.6 Å². The van der Waals surface area contributed by atoms with E-state index in [1.807, 2.05) is 54.6 Å². The summed E-state index contributed by atoms with van der Waals surface area (Å²) in [6, 6.07) is 17.3. The molecular weight excluding hydrogens is 442 g/mol. The average Bonchev–Trinajstić information content (AvgIpc) is 3.42. The minimum atomic E-state index is -0.182. The minimum Gasteiger partial charge on any atom is -0.400 e. The Bertz CT molecular complexity index is 1110. The van der Waals surface area contributed by atoms with Gasteiger partial charge in [0, 0.05) is 50.3 Å². The topological polar surface area (TPSA) is 101 Å². The number of aliphatic hydroxyl groups is 1. The monoisotopic (exact) mass is 475 g/mol. The molecule has 0 aliphatic heterocycles. The Balaban J connectivity index is 0.00000167. The fourth-order valence-corrected chi connectivity index (χ4v) is 4.23. The van der Waals surface area contributed by atoms with Crippen LogP contribution in [-0.2, 0) is 17.9 Å². The summed E-state index contributed by atoms with van der Waals surface area (Å²) in [5.41, 5.74) is 4.81. The Kier molecular flexibility index (Phi) is 9.95. The van der Waals surface area contributed by atoms with Gasteiger partial charge >= 0.3 is 0 Å². The third-order valence-corrected chi connectivity index (χ3v) is 6.00. The number of aromatic nitrogens is 1. The third kappa shape index (κ3) is 7.21. The second-order valence-electron chi connectivity index (χ2n) is 8.38. The molecule has 1 aliphatic rings. The number of carbonyl (C=O) groups excluding carboxylic acids is 2. The highest BCUT2D eigenvalue weighted by atomic mass is 16.5. The van der Waals surface area contributed by atoms with Crippen LogP contribution in [0.4, 0.5) is 0 Å². The second kappa shape index (κ2) is 13.4. The summed E-state index contributed by atoms with van der Waals surface area (Å²) in [5.74, 6) is -0.235. The van der Waals surface area contributed by atoms with Crippen molar-refractivity contribution < 1.29 is 19.4 Å². The van der Waals surface area contributed by atoms with Crippen molar-refractivity contribution in [1.29, 1.82) is 0 Å². The summed E-state index contributed by atoms with van der Waals surface area (Å²) < 4.78 is 5.29. The molecule has 184 valence electrons. The van der Waals surface area contributed by atoms with Gasteiger partial charge in [0.2, 0.25) is 0 Å². The van der Waals surface area contributed by atoms with Gasteiger partial charge in [0.25, 0.3) is 11.8 Å². The molecule has 3 N–H and O–H groups in total. The van der Waals surface area contributed by atoms with Gasteiger partial charge in [-0.2, -0.15) is 0 Å². The molecule has 0 bridgehead atoms. The summed E-state index contributed by atoms with van der Waals surface area (Å²) in [6.45, 7) is 0.672.